The van der Waals surface area contributed by atoms with Crippen molar-refractivity contribution < 1.29 is 14.7 Å². The molecule has 0 spiro atoms. The van der Waals surface area contributed by atoms with E-state index < -0.39 is 11.4 Å². The Bertz CT molecular complexity index is 557. The largest absolute Gasteiger partial charge is 0.481 e. The van der Waals surface area contributed by atoms with E-state index >= 15 is 0 Å². The molecule has 1 aromatic heterocycles. The van der Waals surface area contributed by atoms with Gasteiger partial charge < -0.3 is 10.0 Å². The van der Waals surface area contributed by atoms with Gasteiger partial charge in [0.25, 0.3) is 0 Å². The number of carbonyl (C=O) groups excluding carboxylic acids is 1. The molecule has 1 amide bonds. The Morgan fingerprint density at radius 3 is 2.48 bits per heavy atom. The summed E-state index contributed by atoms with van der Waals surface area (Å²) >= 11 is 7.31. The Morgan fingerprint density at radius 1 is 1.38 bits per heavy atom. The monoisotopic (exact) mass is 329 g/mol. The van der Waals surface area contributed by atoms with Gasteiger partial charge in [0.1, 0.15) is 0 Å². The van der Waals surface area contributed by atoms with Gasteiger partial charge >= 0.3 is 5.97 Å². The molecule has 1 aliphatic heterocycles. The highest BCUT2D eigenvalue weighted by Gasteiger charge is 2.48. The van der Waals surface area contributed by atoms with Crippen molar-refractivity contribution in [3.05, 3.63) is 21.3 Å². The Hall–Kier alpha value is -1.07. The molecule has 116 valence electrons. The molecule has 2 heterocycles. The number of carboxylic acid groups (broad SMARTS) is 1. The van der Waals surface area contributed by atoms with E-state index in [1.807, 2.05) is 26.8 Å². The Balaban J connectivity index is 2.13. The number of carbonyl (C=O) groups is 2. The van der Waals surface area contributed by atoms with Crippen molar-refractivity contribution in [2.75, 3.05) is 13.1 Å². The molecule has 0 radical (unpaired) electrons. The molecule has 2 unspecified atom stereocenters. The van der Waals surface area contributed by atoms with Gasteiger partial charge in [0.15, 0.2) is 0 Å². The van der Waals surface area contributed by atoms with E-state index in [-0.39, 0.29) is 17.7 Å². The van der Waals surface area contributed by atoms with Crippen LogP contribution in [0.2, 0.25) is 4.34 Å². The number of amides is 1. The molecule has 0 bridgehead atoms. The van der Waals surface area contributed by atoms with Crippen LogP contribution in [0.5, 0.6) is 0 Å². The predicted octanol–water partition coefficient (Wildman–Crippen LogP) is 3.46. The zero-order valence-corrected chi connectivity index (χ0v) is 14.0. The van der Waals surface area contributed by atoms with Gasteiger partial charge in [-0.05, 0) is 31.4 Å². The van der Waals surface area contributed by atoms with Gasteiger partial charge in [-0.1, -0.05) is 25.4 Å². The minimum atomic E-state index is -0.817. The fraction of sp³-hybridized carbons (Fsp3) is 0.600. The third-order valence-corrected chi connectivity index (χ3v) is 5.95. The zero-order valence-electron chi connectivity index (χ0n) is 12.4. The third-order valence-electron chi connectivity index (χ3n) is 4.53. The van der Waals surface area contributed by atoms with E-state index in [0.29, 0.717) is 23.8 Å². The number of likely N-dealkylation sites (tertiary alicyclic amines) is 1. The minimum Gasteiger partial charge on any atom is -0.481 e. The van der Waals surface area contributed by atoms with Gasteiger partial charge in [0.05, 0.1) is 15.7 Å². The predicted molar refractivity (Wildman–Crippen MR) is 83.8 cm³/mol. The Morgan fingerprint density at radius 2 is 2.05 bits per heavy atom. The van der Waals surface area contributed by atoms with E-state index in [2.05, 4.69) is 0 Å². The first-order chi connectivity index (χ1) is 9.78. The van der Waals surface area contributed by atoms with Crippen molar-refractivity contribution >= 4 is 34.8 Å². The number of halogens is 1. The van der Waals surface area contributed by atoms with Crippen LogP contribution in [0, 0.1) is 11.3 Å². The van der Waals surface area contributed by atoms with Crippen molar-refractivity contribution in [3.63, 3.8) is 0 Å². The molecule has 1 aliphatic rings. The van der Waals surface area contributed by atoms with Crippen LogP contribution in [-0.2, 0) is 9.59 Å². The average molecular weight is 330 g/mol. The number of carboxylic acids is 1. The molecule has 1 saturated heterocycles. The molecule has 4 nitrogen and oxygen atoms in total. The summed E-state index contributed by atoms with van der Waals surface area (Å²) in [7, 11) is 0. The van der Waals surface area contributed by atoms with Gasteiger partial charge in [0, 0.05) is 18.0 Å². The first-order valence-electron chi connectivity index (χ1n) is 7.05. The van der Waals surface area contributed by atoms with Crippen LogP contribution in [-0.4, -0.2) is 35.0 Å². The fourth-order valence-corrected chi connectivity index (χ4v) is 3.98. The van der Waals surface area contributed by atoms with E-state index in [1.165, 1.54) is 11.3 Å². The summed E-state index contributed by atoms with van der Waals surface area (Å²) in [5.74, 6) is -1.10. The first kappa shape index (κ1) is 16.3. The number of rotatable bonds is 4. The Labute approximate surface area is 133 Å². The maximum Gasteiger partial charge on any atom is 0.311 e. The summed E-state index contributed by atoms with van der Waals surface area (Å²) in [4.78, 5) is 26.8. The quantitative estimate of drug-likeness (QED) is 0.920. The molecular formula is C15H20ClNO3S. The van der Waals surface area contributed by atoms with E-state index in [0.717, 1.165) is 4.88 Å². The maximum atomic E-state index is 12.6. The molecular weight excluding hydrogens is 310 g/mol. The summed E-state index contributed by atoms with van der Waals surface area (Å²) in [5, 5.41) is 9.54. The number of hydrogen-bond donors (Lipinski definition) is 1. The lowest BCUT2D eigenvalue weighted by Gasteiger charge is -2.29. The van der Waals surface area contributed by atoms with Crippen LogP contribution in [0.4, 0.5) is 0 Å². The van der Waals surface area contributed by atoms with Gasteiger partial charge in [-0.25, -0.2) is 0 Å². The van der Waals surface area contributed by atoms with Crippen LogP contribution in [0.15, 0.2) is 12.1 Å². The van der Waals surface area contributed by atoms with Crippen molar-refractivity contribution in [3.8, 4) is 0 Å². The van der Waals surface area contributed by atoms with E-state index in [1.54, 1.807) is 11.0 Å². The normalized spacial score (nSPS) is 23.6. The first-order valence-corrected chi connectivity index (χ1v) is 8.25. The van der Waals surface area contributed by atoms with Crippen LogP contribution in [0.1, 0.15) is 38.0 Å². The standard InChI is InChI=1S/C15H20ClNO3S/c1-9(2)15(14(19)20)6-7-17(8-15)13(18)10(3)11-4-5-12(16)21-11/h4-5,9-10H,6-8H2,1-3H3,(H,19,20). The van der Waals surface area contributed by atoms with Gasteiger partial charge in [0.2, 0.25) is 5.91 Å². The van der Waals surface area contributed by atoms with Crippen molar-refractivity contribution in [1.29, 1.82) is 0 Å². The van der Waals surface area contributed by atoms with Crippen molar-refractivity contribution in [2.45, 2.75) is 33.1 Å². The second-order valence-corrected chi connectivity index (χ2v) is 7.74. The van der Waals surface area contributed by atoms with Gasteiger partial charge in [-0.15, -0.1) is 11.3 Å². The van der Waals surface area contributed by atoms with E-state index in [9.17, 15) is 14.7 Å². The summed E-state index contributed by atoms with van der Waals surface area (Å²) < 4.78 is 0.660. The lowest BCUT2D eigenvalue weighted by Crippen LogP contribution is -2.41. The molecule has 6 heteroatoms. The molecule has 1 fully saturated rings. The van der Waals surface area contributed by atoms with Crippen LogP contribution in [0.25, 0.3) is 0 Å². The summed E-state index contributed by atoms with van der Waals surface area (Å²) in [6, 6.07) is 3.64. The zero-order chi connectivity index (χ0) is 15.8. The molecule has 1 N–H and O–H groups in total. The molecule has 21 heavy (non-hydrogen) atoms. The smallest absolute Gasteiger partial charge is 0.311 e. The minimum absolute atomic E-state index is 0.000659. The maximum absolute atomic E-state index is 12.6. The topological polar surface area (TPSA) is 57.6 Å². The highest BCUT2D eigenvalue weighted by Crippen LogP contribution is 2.39. The Kier molecular flexibility index (Phi) is 4.63. The number of thiophene rings is 1. The highest BCUT2D eigenvalue weighted by molar-refractivity contribution is 7.16. The van der Waals surface area contributed by atoms with E-state index in [4.69, 9.17) is 11.6 Å². The van der Waals surface area contributed by atoms with Crippen LogP contribution < -0.4 is 0 Å². The highest BCUT2D eigenvalue weighted by atomic mass is 35.5. The summed E-state index contributed by atoms with van der Waals surface area (Å²) in [5.41, 5.74) is -0.817. The lowest BCUT2D eigenvalue weighted by atomic mass is 9.76. The van der Waals surface area contributed by atoms with Crippen molar-refractivity contribution in [1.82, 2.24) is 4.90 Å². The molecule has 2 rings (SSSR count). The summed E-state index contributed by atoms with van der Waals surface area (Å²) in [6.07, 6.45) is 0.518. The summed E-state index contributed by atoms with van der Waals surface area (Å²) in [6.45, 7) is 6.46. The second kappa shape index (κ2) is 5.97. The van der Waals surface area contributed by atoms with Gasteiger partial charge in [-0.3, -0.25) is 9.59 Å². The number of aliphatic carboxylic acids is 1. The fourth-order valence-electron chi connectivity index (χ4n) is 2.87. The molecule has 2 atom stereocenters. The average Bonchev–Trinajstić information content (AvgIpc) is 3.04. The number of hydrogen-bond acceptors (Lipinski definition) is 3. The van der Waals surface area contributed by atoms with Crippen LogP contribution in [0.3, 0.4) is 0 Å². The SMILES string of the molecule is CC(C(=O)N1CCC(C(=O)O)(C(C)C)C1)c1ccc(Cl)s1. The second-order valence-electron chi connectivity index (χ2n) is 5.99. The molecule has 1 aromatic rings. The molecule has 0 aromatic carbocycles. The molecule has 0 saturated carbocycles. The number of nitrogens with zero attached hydrogens (tertiary/aromatic N) is 1. The van der Waals surface area contributed by atoms with Crippen LogP contribution >= 0.6 is 22.9 Å². The van der Waals surface area contributed by atoms with Gasteiger partial charge in [-0.2, -0.15) is 0 Å². The third kappa shape index (κ3) is 2.94. The van der Waals surface area contributed by atoms with Crippen molar-refractivity contribution in [2.24, 2.45) is 11.3 Å². The molecule has 0 aliphatic carbocycles. The lowest BCUT2D eigenvalue weighted by molar-refractivity contribution is -0.151.